The lowest BCUT2D eigenvalue weighted by atomic mass is 9.81. The van der Waals surface area contributed by atoms with Gasteiger partial charge >= 0.3 is 0 Å². The highest BCUT2D eigenvalue weighted by Gasteiger charge is 2.23. The summed E-state index contributed by atoms with van der Waals surface area (Å²) in [6, 6.07) is 13.2. The van der Waals surface area contributed by atoms with Crippen molar-refractivity contribution in [2.24, 2.45) is 0 Å². The first-order valence-electron chi connectivity index (χ1n) is 9.26. The molecule has 0 aliphatic heterocycles. The Hall–Kier alpha value is -2.82. The standard InChI is InChI=1S/C22H26N2O3/c1-24(2)22(26)17-8-5-9-18(12-17)23-21(25)14-16-7-4-6-15-13-19(27-3)10-11-20(15)16/h5,8-13,16H,4,6-7,14H2,1-3H3,(H,23,25). The van der Waals surface area contributed by atoms with Crippen LogP contribution in [0.3, 0.4) is 0 Å². The summed E-state index contributed by atoms with van der Waals surface area (Å²) in [6.07, 6.45) is 3.54. The predicted octanol–water partition coefficient (Wildman–Crippen LogP) is 3.85. The second-order valence-corrected chi connectivity index (χ2v) is 7.19. The van der Waals surface area contributed by atoms with Crippen molar-refractivity contribution < 1.29 is 14.3 Å². The van der Waals surface area contributed by atoms with Gasteiger partial charge < -0.3 is 15.0 Å². The molecule has 5 nitrogen and oxygen atoms in total. The zero-order chi connectivity index (χ0) is 19.4. The number of anilines is 1. The smallest absolute Gasteiger partial charge is 0.253 e. The molecular formula is C22H26N2O3. The molecule has 1 aliphatic carbocycles. The third kappa shape index (κ3) is 4.48. The van der Waals surface area contributed by atoms with Gasteiger partial charge in [0.05, 0.1) is 7.11 Å². The largest absolute Gasteiger partial charge is 0.497 e. The number of fused-ring (bicyclic) bond motifs is 1. The van der Waals surface area contributed by atoms with Gasteiger partial charge in [0.15, 0.2) is 0 Å². The number of hydrogen-bond acceptors (Lipinski definition) is 3. The molecule has 0 bridgehead atoms. The number of benzene rings is 2. The van der Waals surface area contributed by atoms with E-state index in [-0.39, 0.29) is 17.7 Å². The summed E-state index contributed by atoms with van der Waals surface area (Å²) in [5.74, 6) is 0.965. The van der Waals surface area contributed by atoms with E-state index in [0.717, 1.165) is 25.0 Å². The molecule has 1 aliphatic rings. The minimum Gasteiger partial charge on any atom is -0.497 e. The highest BCUT2D eigenvalue weighted by Crippen LogP contribution is 2.36. The number of rotatable bonds is 5. The number of methoxy groups -OCH3 is 1. The van der Waals surface area contributed by atoms with Crippen molar-refractivity contribution in [3.05, 3.63) is 59.2 Å². The molecule has 0 fully saturated rings. The summed E-state index contributed by atoms with van der Waals surface area (Å²) in [5.41, 5.74) is 3.73. The molecule has 1 atom stereocenters. The van der Waals surface area contributed by atoms with Crippen molar-refractivity contribution in [1.82, 2.24) is 4.90 Å². The maximum atomic E-state index is 12.6. The van der Waals surface area contributed by atoms with Crippen LogP contribution in [0.5, 0.6) is 5.75 Å². The van der Waals surface area contributed by atoms with Crippen LogP contribution in [-0.4, -0.2) is 37.9 Å². The van der Waals surface area contributed by atoms with Crippen LogP contribution in [0.25, 0.3) is 0 Å². The van der Waals surface area contributed by atoms with Gasteiger partial charge in [0.2, 0.25) is 5.91 Å². The Balaban J connectivity index is 1.69. The summed E-state index contributed by atoms with van der Waals surface area (Å²) in [4.78, 5) is 26.2. The van der Waals surface area contributed by atoms with Crippen molar-refractivity contribution in [3.8, 4) is 5.75 Å². The van der Waals surface area contributed by atoms with Crippen molar-refractivity contribution in [3.63, 3.8) is 0 Å². The number of hydrogen-bond donors (Lipinski definition) is 1. The van der Waals surface area contributed by atoms with Crippen molar-refractivity contribution in [2.75, 3.05) is 26.5 Å². The molecule has 0 saturated carbocycles. The van der Waals surface area contributed by atoms with E-state index >= 15 is 0 Å². The highest BCUT2D eigenvalue weighted by atomic mass is 16.5. The molecular weight excluding hydrogens is 340 g/mol. The summed E-state index contributed by atoms with van der Waals surface area (Å²) in [6.45, 7) is 0. The van der Waals surface area contributed by atoms with Gasteiger partial charge in [-0.05, 0) is 66.6 Å². The molecule has 27 heavy (non-hydrogen) atoms. The minimum atomic E-state index is -0.0822. The van der Waals surface area contributed by atoms with Gasteiger partial charge in [-0.25, -0.2) is 0 Å². The number of ether oxygens (including phenoxy) is 1. The van der Waals surface area contributed by atoms with Crippen LogP contribution in [0.1, 0.15) is 46.7 Å². The molecule has 142 valence electrons. The first-order valence-corrected chi connectivity index (χ1v) is 9.26. The van der Waals surface area contributed by atoms with Crippen LogP contribution in [0.4, 0.5) is 5.69 Å². The topological polar surface area (TPSA) is 58.6 Å². The van der Waals surface area contributed by atoms with Crippen LogP contribution >= 0.6 is 0 Å². The SMILES string of the molecule is COc1ccc2c(c1)CCCC2CC(=O)Nc1cccc(C(=O)N(C)C)c1. The first kappa shape index (κ1) is 19.0. The lowest BCUT2D eigenvalue weighted by molar-refractivity contribution is -0.116. The molecule has 1 unspecified atom stereocenters. The third-order valence-electron chi connectivity index (χ3n) is 5.02. The maximum Gasteiger partial charge on any atom is 0.253 e. The number of nitrogens with one attached hydrogen (secondary N) is 1. The molecule has 1 N–H and O–H groups in total. The van der Waals surface area contributed by atoms with Crippen LogP contribution in [0.15, 0.2) is 42.5 Å². The van der Waals surface area contributed by atoms with E-state index in [1.165, 1.54) is 16.0 Å². The van der Waals surface area contributed by atoms with Crippen LogP contribution in [0, 0.1) is 0 Å². The normalized spacial score (nSPS) is 15.6. The lowest BCUT2D eigenvalue weighted by Gasteiger charge is -2.25. The summed E-state index contributed by atoms with van der Waals surface area (Å²) in [5, 5.41) is 2.94. The van der Waals surface area contributed by atoms with Crippen molar-refractivity contribution in [2.45, 2.75) is 31.6 Å². The maximum absolute atomic E-state index is 12.6. The van der Waals surface area contributed by atoms with Crippen molar-refractivity contribution in [1.29, 1.82) is 0 Å². The molecule has 2 aromatic rings. The van der Waals surface area contributed by atoms with Gasteiger partial charge in [-0.15, -0.1) is 0 Å². The average Bonchev–Trinajstić information content (AvgIpc) is 2.67. The fourth-order valence-corrected chi connectivity index (χ4v) is 3.65. The zero-order valence-electron chi connectivity index (χ0n) is 16.1. The van der Waals surface area contributed by atoms with Gasteiger partial charge in [0.1, 0.15) is 5.75 Å². The first-order chi connectivity index (χ1) is 13.0. The number of carbonyl (C=O) groups is 2. The Morgan fingerprint density at radius 2 is 2.00 bits per heavy atom. The third-order valence-corrected chi connectivity index (χ3v) is 5.02. The molecule has 0 radical (unpaired) electrons. The number of aryl methyl sites for hydroxylation is 1. The number of amides is 2. The Morgan fingerprint density at radius 3 is 2.74 bits per heavy atom. The quantitative estimate of drug-likeness (QED) is 0.874. The van der Waals surface area contributed by atoms with E-state index in [4.69, 9.17) is 4.74 Å². The molecule has 0 spiro atoms. The Morgan fingerprint density at radius 1 is 1.19 bits per heavy atom. The van der Waals surface area contributed by atoms with E-state index in [1.54, 1.807) is 39.4 Å². The van der Waals surface area contributed by atoms with E-state index in [0.29, 0.717) is 17.7 Å². The Bertz CT molecular complexity index is 845. The molecule has 5 heteroatoms. The lowest BCUT2D eigenvalue weighted by Crippen LogP contribution is -2.22. The number of nitrogens with zero attached hydrogens (tertiary/aromatic N) is 1. The molecule has 3 rings (SSSR count). The molecule has 0 saturated heterocycles. The van der Waals surface area contributed by atoms with Gasteiger partial charge in [-0.2, -0.15) is 0 Å². The molecule has 0 heterocycles. The minimum absolute atomic E-state index is 0.0295. The van der Waals surface area contributed by atoms with Gasteiger partial charge in [0.25, 0.3) is 5.91 Å². The molecule has 0 aromatic heterocycles. The fourth-order valence-electron chi connectivity index (χ4n) is 3.65. The van der Waals surface area contributed by atoms with Crippen LogP contribution in [0.2, 0.25) is 0 Å². The van der Waals surface area contributed by atoms with Gasteiger partial charge in [-0.3, -0.25) is 9.59 Å². The van der Waals surface area contributed by atoms with Crippen molar-refractivity contribution >= 4 is 17.5 Å². The van der Waals surface area contributed by atoms with E-state index in [1.807, 2.05) is 12.1 Å². The van der Waals surface area contributed by atoms with E-state index in [2.05, 4.69) is 17.4 Å². The summed E-state index contributed by atoms with van der Waals surface area (Å²) in [7, 11) is 5.09. The second kappa shape index (κ2) is 8.25. The highest BCUT2D eigenvalue weighted by molar-refractivity contribution is 5.97. The van der Waals surface area contributed by atoms with Gasteiger partial charge in [-0.1, -0.05) is 12.1 Å². The average molecular weight is 366 g/mol. The molecule has 2 amide bonds. The second-order valence-electron chi connectivity index (χ2n) is 7.19. The van der Waals surface area contributed by atoms with Crippen LogP contribution in [-0.2, 0) is 11.2 Å². The number of carbonyl (C=O) groups excluding carboxylic acids is 2. The fraction of sp³-hybridized carbons (Fsp3) is 0.364. The van der Waals surface area contributed by atoms with E-state index in [9.17, 15) is 9.59 Å². The van der Waals surface area contributed by atoms with Crippen LogP contribution < -0.4 is 10.1 Å². The monoisotopic (exact) mass is 366 g/mol. The Kier molecular flexibility index (Phi) is 5.79. The zero-order valence-corrected chi connectivity index (χ0v) is 16.1. The Labute approximate surface area is 160 Å². The summed E-state index contributed by atoms with van der Waals surface area (Å²) >= 11 is 0. The van der Waals surface area contributed by atoms with E-state index < -0.39 is 0 Å². The molecule has 2 aromatic carbocycles. The van der Waals surface area contributed by atoms with Gasteiger partial charge in [0, 0.05) is 31.8 Å². The predicted molar refractivity (Wildman–Crippen MR) is 106 cm³/mol. The summed E-state index contributed by atoms with van der Waals surface area (Å²) < 4.78 is 5.31.